The van der Waals surface area contributed by atoms with Crippen LogP contribution in [0.1, 0.15) is 36.1 Å². The number of ether oxygens (including phenoxy) is 5. The summed E-state index contributed by atoms with van der Waals surface area (Å²) in [6, 6.07) is 15.5. The van der Waals surface area contributed by atoms with E-state index in [-0.39, 0.29) is 11.9 Å². The van der Waals surface area contributed by atoms with Gasteiger partial charge < -0.3 is 28.8 Å². The molecule has 0 aliphatic rings. The molecule has 0 atom stereocenters. The number of hydrogen-bond acceptors (Lipinski definition) is 6. The van der Waals surface area contributed by atoms with E-state index in [1.807, 2.05) is 74.5 Å². The lowest BCUT2D eigenvalue weighted by Gasteiger charge is -2.17. The molecule has 0 amide bonds. The van der Waals surface area contributed by atoms with Crippen molar-refractivity contribution in [2.75, 3.05) is 28.4 Å². The summed E-state index contributed by atoms with van der Waals surface area (Å²) in [7, 11) is 6.25. The Kier molecular flexibility index (Phi) is 8.68. The molecule has 6 heteroatoms. The van der Waals surface area contributed by atoms with Crippen LogP contribution in [0, 0.1) is 0 Å². The zero-order valence-corrected chi connectivity index (χ0v) is 21.0. The molecule has 35 heavy (non-hydrogen) atoms. The molecule has 6 nitrogen and oxygen atoms in total. The molecule has 1 N–H and O–H groups in total. The molecule has 3 rings (SSSR count). The van der Waals surface area contributed by atoms with Crippen LogP contribution in [-0.4, -0.2) is 39.6 Å². The van der Waals surface area contributed by atoms with E-state index in [1.165, 1.54) is 14.2 Å². The molecule has 0 saturated carbocycles. The second-order valence-electron chi connectivity index (χ2n) is 8.03. The van der Waals surface area contributed by atoms with Gasteiger partial charge in [0.05, 0.1) is 34.5 Å². The summed E-state index contributed by atoms with van der Waals surface area (Å²) in [6.45, 7) is 3.92. The van der Waals surface area contributed by atoms with E-state index >= 15 is 0 Å². The highest BCUT2D eigenvalue weighted by molar-refractivity contribution is 5.75. The fourth-order valence-corrected chi connectivity index (χ4v) is 3.46. The van der Waals surface area contributed by atoms with Crippen molar-refractivity contribution in [2.24, 2.45) is 0 Å². The Hall–Kier alpha value is -4.06. The van der Waals surface area contributed by atoms with Crippen LogP contribution in [0.5, 0.6) is 34.5 Å². The molecule has 0 radical (unpaired) electrons. The maximum absolute atomic E-state index is 10.1. The third-order valence-corrected chi connectivity index (χ3v) is 5.21. The summed E-state index contributed by atoms with van der Waals surface area (Å²) < 4.78 is 27.3. The number of rotatable bonds is 10. The van der Waals surface area contributed by atoms with E-state index in [9.17, 15) is 5.11 Å². The fourth-order valence-electron chi connectivity index (χ4n) is 3.46. The normalized spacial score (nSPS) is 11.3. The van der Waals surface area contributed by atoms with E-state index in [4.69, 9.17) is 23.7 Å². The SMILES string of the molecule is COc1cc(/C=C/c2ccc(/C=C/c3cc(OC)c(OC(C)C)c(OC)c3)cc2)cc(OC)c1O. The summed E-state index contributed by atoms with van der Waals surface area (Å²) in [5.41, 5.74) is 3.88. The van der Waals surface area contributed by atoms with Gasteiger partial charge in [-0.2, -0.15) is 0 Å². The van der Waals surface area contributed by atoms with Crippen LogP contribution in [0.4, 0.5) is 0 Å². The van der Waals surface area contributed by atoms with Gasteiger partial charge in [0.2, 0.25) is 11.5 Å². The second-order valence-corrected chi connectivity index (χ2v) is 8.03. The lowest BCUT2D eigenvalue weighted by Crippen LogP contribution is -2.08. The van der Waals surface area contributed by atoms with Crippen molar-refractivity contribution in [1.82, 2.24) is 0 Å². The first kappa shape index (κ1) is 25.6. The number of benzene rings is 3. The molecule has 0 aliphatic heterocycles. The van der Waals surface area contributed by atoms with E-state index < -0.39 is 0 Å². The van der Waals surface area contributed by atoms with Gasteiger partial charge in [-0.1, -0.05) is 48.6 Å². The van der Waals surface area contributed by atoms with Gasteiger partial charge in [0.15, 0.2) is 23.0 Å². The van der Waals surface area contributed by atoms with E-state index in [0.29, 0.717) is 28.7 Å². The summed E-state index contributed by atoms with van der Waals surface area (Å²) in [5.74, 6) is 2.56. The minimum Gasteiger partial charge on any atom is -0.502 e. The summed E-state index contributed by atoms with van der Waals surface area (Å²) in [6.07, 6.45) is 7.96. The van der Waals surface area contributed by atoms with Crippen LogP contribution in [0.15, 0.2) is 48.5 Å². The fraction of sp³-hybridized carbons (Fsp3) is 0.241. The Morgan fingerprint density at radius 1 is 0.571 bits per heavy atom. The smallest absolute Gasteiger partial charge is 0.203 e. The Balaban J connectivity index is 1.77. The largest absolute Gasteiger partial charge is 0.502 e. The van der Waals surface area contributed by atoms with Crippen LogP contribution in [0.3, 0.4) is 0 Å². The highest BCUT2D eigenvalue weighted by atomic mass is 16.5. The van der Waals surface area contributed by atoms with Crippen LogP contribution >= 0.6 is 0 Å². The van der Waals surface area contributed by atoms with E-state index in [2.05, 4.69) is 0 Å². The molecule has 0 saturated heterocycles. The minimum atomic E-state index is -0.0133. The number of aromatic hydroxyl groups is 1. The molecule has 184 valence electrons. The first-order valence-electron chi connectivity index (χ1n) is 11.2. The van der Waals surface area contributed by atoms with Crippen molar-refractivity contribution in [3.8, 4) is 34.5 Å². The quantitative estimate of drug-likeness (QED) is 0.335. The van der Waals surface area contributed by atoms with Gasteiger partial charge in [-0.3, -0.25) is 0 Å². The van der Waals surface area contributed by atoms with Crippen molar-refractivity contribution in [3.05, 3.63) is 70.8 Å². The summed E-state index contributed by atoms with van der Waals surface area (Å²) >= 11 is 0. The van der Waals surface area contributed by atoms with Gasteiger partial charge >= 0.3 is 0 Å². The lowest BCUT2D eigenvalue weighted by atomic mass is 10.1. The number of hydrogen-bond donors (Lipinski definition) is 1. The molecular weight excluding hydrogens is 444 g/mol. The monoisotopic (exact) mass is 476 g/mol. The van der Waals surface area contributed by atoms with Gasteiger partial charge in [0.1, 0.15) is 0 Å². The topological polar surface area (TPSA) is 66.4 Å². The molecule has 0 fully saturated rings. The van der Waals surface area contributed by atoms with Gasteiger partial charge in [-0.25, -0.2) is 0 Å². The maximum atomic E-state index is 10.1. The molecule has 0 unspecified atom stereocenters. The number of methoxy groups -OCH3 is 4. The maximum Gasteiger partial charge on any atom is 0.203 e. The van der Waals surface area contributed by atoms with Crippen molar-refractivity contribution in [3.63, 3.8) is 0 Å². The third kappa shape index (κ3) is 6.51. The highest BCUT2D eigenvalue weighted by Crippen LogP contribution is 2.40. The molecule has 3 aromatic carbocycles. The number of phenols is 1. The zero-order valence-electron chi connectivity index (χ0n) is 21.0. The van der Waals surface area contributed by atoms with Gasteiger partial charge in [-0.15, -0.1) is 0 Å². The minimum absolute atomic E-state index is 0.00450. The average molecular weight is 477 g/mol. The molecule has 0 heterocycles. The Morgan fingerprint density at radius 2 is 0.914 bits per heavy atom. The van der Waals surface area contributed by atoms with Crippen LogP contribution < -0.4 is 23.7 Å². The van der Waals surface area contributed by atoms with Crippen molar-refractivity contribution < 1.29 is 28.8 Å². The predicted octanol–water partition coefficient (Wildman–Crippen LogP) is 6.55. The van der Waals surface area contributed by atoms with E-state index in [1.54, 1.807) is 26.4 Å². The molecule has 0 spiro atoms. The summed E-state index contributed by atoms with van der Waals surface area (Å²) in [4.78, 5) is 0. The number of phenolic OH excluding ortho intramolecular Hbond substituents is 1. The molecule has 3 aromatic rings. The first-order valence-corrected chi connectivity index (χ1v) is 11.2. The molecule has 0 aromatic heterocycles. The third-order valence-electron chi connectivity index (χ3n) is 5.21. The van der Waals surface area contributed by atoms with Crippen molar-refractivity contribution in [1.29, 1.82) is 0 Å². The van der Waals surface area contributed by atoms with Crippen molar-refractivity contribution in [2.45, 2.75) is 20.0 Å². The van der Waals surface area contributed by atoms with Crippen LogP contribution in [0.2, 0.25) is 0 Å². The Bertz CT molecular complexity index is 1140. The van der Waals surface area contributed by atoms with Gasteiger partial charge in [-0.05, 0) is 60.4 Å². The zero-order chi connectivity index (χ0) is 25.4. The highest BCUT2D eigenvalue weighted by Gasteiger charge is 2.15. The predicted molar refractivity (Wildman–Crippen MR) is 141 cm³/mol. The average Bonchev–Trinajstić information content (AvgIpc) is 2.87. The van der Waals surface area contributed by atoms with Crippen LogP contribution in [-0.2, 0) is 0 Å². The standard InChI is InChI=1S/C29H32O6/c1-19(2)35-29-26(33-5)17-23(18-27(29)34-6)14-12-21-9-7-20(8-10-21)11-13-22-15-24(31-3)28(30)25(16-22)32-4/h7-19,30H,1-6H3/b13-11+,14-12+. The van der Waals surface area contributed by atoms with Gasteiger partial charge in [0, 0.05) is 0 Å². The molecule has 0 bridgehead atoms. The summed E-state index contributed by atoms with van der Waals surface area (Å²) in [5, 5.41) is 10.1. The second kappa shape index (κ2) is 11.9. The van der Waals surface area contributed by atoms with Crippen molar-refractivity contribution >= 4 is 24.3 Å². The molecular formula is C29H32O6. The molecule has 0 aliphatic carbocycles. The van der Waals surface area contributed by atoms with Gasteiger partial charge in [0.25, 0.3) is 0 Å². The van der Waals surface area contributed by atoms with E-state index in [0.717, 1.165) is 22.3 Å². The lowest BCUT2D eigenvalue weighted by molar-refractivity contribution is 0.218. The van der Waals surface area contributed by atoms with Crippen LogP contribution in [0.25, 0.3) is 24.3 Å². The first-order chi connectivity index (χ1) is 16.9. The Labute approximate surface area is 207 Å². The Morgan fingerprint density at radius 3 is 1.26 bits per heavy atom.